The summed E-state index contributed by atoms with van der Waals surface area (Å²) < 4.78 is 27.9. The first-order valence-electron chi connectivity index (χ1n) is 8.07. The fourth-order valence-corrected chi connectivity index (χ4v) is 4.40. The zero-order valence-electron chi connectivity index (χ0n) is 13.9. The molecular weight excluding hydrogens is 443 g/mol. The molecule has 1 heterocycles. The van der Waals surface area contributed by atoms with Crippen molar-refractivity contribution in [3.8, 4) is 0 Å². The molecule has 0 spiro atoms. The third-order valence-corrected chi connectivity index (χ3v) is 6.18. The number of nitrogens with zero attached hydrogens (tertiary/aromatic N) is 1. The monoisotopic (exact) mass is 467 g/mol. The molecule has 1 aromatic rings. The molecule has 3 nitrogen and oxygen atoms in total. The molecule has 0 amide bonds. The first kappa shape index (κ1) is 19.8. The van der Waals surface area contributed by atoms with Crippen molar-refractivity contribution in [1.29, 1.82) is 0 Å². The summed E-state index contributed by atoms with van der Waals surface area (Å²) in [5.41, 5.74) is 0.193. The van der Waals surface area contributed by atoms with Crippen LogP contribution in [0.25, 0.3) is 0 Å². The summed E-state index contributed by atoms with van der Waals surface area (Å²) in [4.78, 5) is 4.23. The second-order valence-corrected chi connectivity index (χ2v) is 8.24. The van der Waals surface area contributed by atoms with E-state index >= 15 is 0 Å². The Kier molecular flexibility index (Phi) is 6.75. The fourth-order valence-electron chi connectivity index (χ4n) is 3.16. The Morgan fingerprint density at radius 1 is 1.38 bits per heavy atom. The van der Waals surface area contributed by atoms with E-state index in [1.165, 1.54) is 36.8 Å². The molecule has 2 aliphatic rings. The molecule has 1 aromatic carbocycles. The lowest BCUT2D eigenvalue weighted by atomic mass is 10.1. The summed E-state index contributed by atoms with van der Waals surface area (Å²) in [6.07, 6.45) is 3.19. The first-order chi connectivity index (χ1) is 11.0. The maximum Gasteiger partial charge on any atom is 0.191 e. The minimum Gasteiger partial charge on any atom is -0.355 e. The summed E-state index contributed by atoms with van der Waals surface area (Å²) >= 11 is 1.99. The van der Waals surface area contributed by atoms with Crippen molar-refractivity contribution < 1.29 is 8.78 Å². The van der Waals surface area contributed by atoms with Crippen molar-refractivity contribution in [3.05, 3.63) is 35.4 Å². The van der Waals surface area contributed by atoms with Gasteiger partial charge in [-0.3, -0.25) is 4.99 Å². The van der Waals surface area contributed by atoms with Crippen LogP contribution in [-0.4, -0.2) is 36.1 Å². The van der Waals surface area contributed by atoms with Crippen molar-refractivity contribution in [2.24, 2.45) is 4.99 Å². The van der Waals surface area contributed by atoms with Gasteiger partial charge in [0.1, 0.15) is 11.6 Å². The molecule has 1 aliphatic heterocycles. The summed E-state index contributed by atoms with van der Waals surface area (Å²) in [5, 5.41) is 6.64. The van der Waals surface area contributed by atoms with E-state index in [4.69, 9.17) is 0 Å². The third-order valence-electron chi connectivity index (χ3n) is 4.64. The van der Waals surface area contributed by atoms with Crippen LogP contribution >= 0.6 is 35.7 Å². The Hall–Kier alpha value is -0.570. The fraction of sp³-hybridized carbons (Fsp3) is 0.588. The molecule has 0 radical (unpaired) electrons. The van der Waals surface area contributed by atoms with Gasteiger partial charge in [0.2, 0.25) is 0 Å². The molecule has 3 rings (SSSR count). The van der Waals surface area contributed by atoms with Crippen LogP contribution in [0.3, 0.4) is 0 Å². The van der Waals surface area contributed by atoms with Crippen molar-refractivity contribution in [1.82, 2.24) is 10.6 Å². The number of thioether (sulfide) groups is 1. The number of guanidine groups is 1. The van der Waals surface area contributed by atoms with Crippen LogP contribution in [0.4, 0.5) is 8.78 Å². The maximum atomic E-state index is 13.8. The van der Waals surface area contributed by atoms with Crippen LogP contribution in [0, 0.1) is 11.6 Å². The number of halogens is 3. The summed E-state index contributed by atoms with van der Waals surface area (Å²) in [5.74, 6) is 0.880. The topological polar surface area (TPSA) is 36.4 Å². The summed E-state index contributed by atoms with van der Waals surface area (Å²) in [7, 11) is 1.72. The van der Waals surface area contributed by atoms with Gasteiger partial charge in [0.15, 0.2) is 5.96 Å². The van der Waals surface area contributed by atoms with Gasteiger partial charge in [0, 0.05) is 35.9 Å². The Morgan fingerprint density at radius 3 is 2.67 bits per heavy atom. The molecule has 0 bridgehead atoms. The highest BCUT2D eigenvalue weighted by atomic mass is 127. The van der Waals surface area contributed by atoms with Gasteiger partial charge in [0.25, 0.3) is 0 Å². The predicted octanol–water partition coefficient (Wildman–Crippen LogP) is 3.89. The van der Waals surface area contributed by atoms with E-state index in [0.717, 1.165) is 13.0 Å². The van der Waals surface area contributed by atoms with E-state index in [2.05, 4.69) is 22.5 Å². The zero-order valence-corrected chi connectivity index (χ0v) is 17.1. The minimum atomic E-state index is -0.461. The van der Waals surface area contributed by atoms with E-state index in [0.29, 0.717) is 5.96 Å². The largest absolute Gasteiger partial charge is 0.355 e. The molecule has 3 unspecified atom stereocenters. The first-order valence-corrected chi connectivity index (χ1v) is 9.06. The highest BCUT2D eigenvalue weighted by molar-refractivity contribution is 14.0. The Labute approximate surface area is 163 Å². The molecule has 134 valence electrons. The molecule has 3 atom stereocenters. The zero-order chi connectivity index (χ0) is 16.4. The van der Waals surface area contributed by atoms with Gasteiger partial charge >= 0.3 is 0 Å². The maximum absolute atomic E-state index is 13.8. The van der Waals surface area contributed by atoms with Crippen molar-refractivity contribution in [2.45, 2.75) is 42.9 Å². The average Bonchev–Trinajstić information content (AvgIpc) is 3.13. The van der Waals surface area contributed by atoms with E-state index in [-0.39, 0.29) is 46.2 Å². The third kappa shape index (κ3) is 4.53. The smallest absolute Gasteiger partial charge is 0.191 e. The molecule has 7 heteroatoms. The number of hydrogen-bond acceptors (Lipinski definition) is 2. The lowest BCUT2D eigenvalue weighted by Gasteiger charge is -2.24. The van der Waals surface area contributed by atoms with Gasteiger partial charge in [0.05, 0.1) is 0 Å². The number of rotatable bonds is 4. The average molecular weight is 467 g/mol. The second kappa shape index (κ2) is 8.21. The standard InChI is InChI=1S/C17H23F2N3S.HI/c1-17(7-4-8-23-17)10-21-16(20-2)22-14-9-11(14)15-12(18)5-3-6-13(15)19;/h3,5-6,11,14H,4,7-10H2,1-2H3,(H2,20,21,22);1H. The molecule has 1 aliphatic carbocycles. The normalized spacial score (nSPS) is 29.1. The van der Waals surface area contributed by atoms with Crippen molar-refractivity contribution in [2.75, 3.05) is 19.3 Å². The van der Waals surface area contributed by atoms with Gasteiger partial charge in [-0.25, -0.2) is 8.78 Å². The van der Waals surface area contributed by atoms with Gasteiger partial charge in [-0.2, -0.15) is 11.8 Å². The lowest BCUT2D eigenvalue weighted by Crippen LogP contribution is -2.44. The highest BCUT2D eigenvalue weighted by Crippen LogP contribution is 2.43. The molecule has 0 aromatic heterocycles. The minimum absolute atomic E-state index is 0. The van der Waals surface area contributed by atoms with Gasteiger partial charge in [-0.15, -0.1) is 24.0 Å². The quantitative estimate of drug-likeness (QED) is 0.401. The highest BCUT2D eigenvalue weighted by Gasteiger charge is 2.42. The Morgan fingerprint density at radius 2 is 2.08 bits per heavy atom. The molecular formula is C17H24F2IN3S. The van der Waals surface area contributed by atoms with Crippen molar-refractivity contribution >= 4 is 41.7 Å². The Bertz CT molecular complexity index is 585. The predicted molar refractivity (Wildman–Crippen MR) is 108 cm³/mol. The van der Waals surface area contributed by atoms with E-state index in [1.54, 1.807) is 7.05 Å². The number of aliphatic imine (C=N–C) groups is 1. The summed E-state index contributed by atoms with van der Waals surface area (Å²) in [6, 6.07) is 4.08. The van der Waals surface area contributed by atoms with Crippen LogP contribution in [0.5, 0.6) is 0 Å². The van der Waals surface area contributed by atoms with E-state index in [9.17, 15) is 8.78 Å². The molecule has 2 N–H and O–H groups in total. The molecule has 24 heavy (non-hydrogen) atoms. The molecule has 1 saturated carbocycles. The van der Waals surface area contributed by atoms with Gasteiger partial charge in [-0.1, -0.05) is 6.07 Å². The van der Waals surface area contributed by atoms with Crippen LogP contribution < -0.4 is 10.6 Å². The SMILES string of the molecule is CN=C(NCC1(C)CCCS1)NC1CC1c1c(F)cccc1F.I. The number of nitrogens with one attached hydrogen (secondary N) is 2. The number of hydrogen-bond donors (Lipinski definition) is 2. The van der Waals surface area contributed by atoms with Crippen LogP contribution in [0.2, 0.25) is 0 Å². The summed E-state index contributed by atoms with van der Waals surface area (Å²) in [6.45, 7) is 3.11. The van der Waals surface area contributed by atoms with E-state index < -0.39 is 11.6 Å². The number of benzene rings is 1. The molecule has 2 fully saturated rings. The lowest BCUT2D eigenvalue weighted by molar-refractivity contribution is 0.553. The molecule has 1 saturated heterocycles. The van der Waals surface area contributed by atoms with Gasteiger partial charge < -0.3 is 10.6 Å². The van der Waals surface area contributed by atoms with Gasteiger partial charge in [-0.05, 0) is 44.1 Å². The van der Waals surface area contributed by atoms with Crippen molar-refractivity contribution in [3.63, 3.8) is 0 Å². The Balaban J connectivity index is 0.00000208. The van der Waals surface area contributed by atoms with E-state index in [1.807, 2.05) is 11.8 Å². The van der Waals surface area contributed by atoms with Crippen LogP contribution in [0.15, 0.2) is 23.2 Å². The van der Waals surface area contributed by atoms with Crippen LogP contribution in [-0.2, 0) is 0 Å². The van der Waals surface area contributed by atoms with Crippen LogP contribution in [0.1, 0.15) is 37.7 Å². The second-order valence-electron chi connectivity index (χ2n) is 6.56.